The Balaban J connectivity index is 1.46. The molecule has 0 saturated carbocycles. The maximum atomic E-state index is 9.49. The Kier molecular flexibility index (Phi) is 3.37. The summed E-state index contributed by atoms with van der Waals surface area (Å²) in [6.45, 7) is 2.91. The van der Waals surface area contributed by atoms with E-state index in [2.05, 4.69) is 17.0 Å². The van der Waals surface area contributed by atoms with E-state index in [9.17, 15) is 5.11 Å². The van der Waals surface area contributed by atoms with Gasteiger partial charge in [-0.3, -0.25) is 4.90 Å². The Labute approximate surface area is 108 Å². The molecule has 1 aromatic rings. The molecule has 1 aromatic carbocycles. The van der Waals surface area contributed by atoms with Gasteiger partial charge in [-0.1, -0.05) is 30.3 Å². The minimum atomic E-state index is 0.112. The smallest absolute Gasteiger partial charge is 0.0717 e. The molecule has 1 N–H and O–H groups in total. The van der Waals surface area contributed by atoms with Crippen LogP contribution in [0.4, 0.5) is 0 Å². The lowest BCUT2D eigenvalue weighted by molar-refractivity contribution is -0.102. The molecular formula is C15H21NO2. The van der Waals surface area contributed by atoms with E-state index in [0.717, 1.165) is 26.0 Å². The third-order valence-electron chi connectivity index (χ3n) is 4.42. The molecule has 0 aromatic heterocycles. The van der Waals surface area contributed by atoms with E-state index >= 15 is 0 Å². The molecule has 2 saturated heterocycles. The van der Waals surface area contributed by atoms with Crippen molar-refractivity contribution in [1.82, 2.24) is 4.90 Å². The van der Waals surface area contributed by atoms with Crippen LogP contribution in [0.2, 0.25) is 0 Å². The van der Waals surface area contributed by atoms with Gasteiger partial charge in [0.2, 0.25) is 0 Å². The predicted molar refractivity (Wildman–Crippen MR) is 70.3 cm³/mol. The van der Waals surface area contributed by atoms with E-state index in [1.807, 2.05) is 18.2 Å². The van der Waals surface area contributed by atoms with Crippen LogP contribution in [0, 0.1) is 0 Å². The maximum absolute atomic E-state index is 9.49. The second kappa shape index (κ2) is 5.00. The lowest BCUT2D eigenvalue weighted by atomic mass is 9.80. The van der Waals surface area contributed by atoms with Crippen molar-refractivity contribution in [1.29, 1.82) is 0 Å². The molecule has 2 atom stereocenters. The number of ether oxygens (including phenoxy) is 1. The average molecular weight is 247 g/mol. The highest BCUT2D eigenvalue weighted by Gasteiger charge is 2.53. The van der Waals surface area contributed by atoms with Crippen LogP contribution >= 0.6 is 0 Å². The number of aliphatic hydroxyl groups is 1. The highest BCUT2D eigenvalue weighted by atomic mass is 16.5. The van der Waals surface area contributed by atoms with E-state index in [1.165, 1.54) is 12.0 Å². The number of hydrogen-bond donors (Lipinski definition) is 1. The van der Waals surface area contributed by atoms with Gasteiger partial charge in [0.1, 0.15) is 0 Å². The summed E-state index contributed by atoms with van der Waals surface area (Å²) < 4.78 is 5.80. The molecule has 18 heavy (non-hydrogen) atoms. The molecule has 3 rings (SSSR count). The lowest BCUT2D eigenvalue weighted by Gasteiger charge is -2.53. The lowest BCUT2D eigenvalue weighted by Crippen LogP contribution is -2.65. The fraction of sp³-hybridized carbons (Fsp3) is 0.600. The Morgan fingerprint density at radius 1 is 1.33 bits per heavy atom. The fourth-order valence-corrected chi connectivity index (χ4v) is 3.46. The molecule has 2 aliphatic heterocycles. The summed E-state index contributed by atoms with van der Waals surface area (Å²) in [5.74, 6) is 0. The van der Waals surface area contributed by atoms with Crippen molar-refractivity contribution in [2.75, 3.05) is 19.8 Å². The van der Waals surface area contributed by atoms with Crippen molar-refractivity contribution in [2.45, 2.75) is 37.5 Å². The van der Waals surface area contributed by atoms with E-state index in [-0.39, 0.29) is 5.54 Å². The second-order valence-corrected chi connectivity index (χ2v) is 5.54. The molecule has 98 valence electrons. The number of nitrogens with zero attached hydrogens (tertiary/aromatic N) is 1. The summed E-state index contributed by atoms with van der Waals surface area (Å²) in [7, 11) is 0. The van der Waals surface area contributed by atoms with Crippen LogP contribution in [0.15, 0.2) is 30.3 Å². The number of fused-ring (bicyclic) bond motifs is 1. The Bertz CT molecular complexity index is 395. The first-order chi connectivity index (χ1) is 8.84. The van der Waals surface area contributed by atoms with Crippen LogP contribution < -0.4 is 0 Å². The van der Waals surface area contributed by atoms with Gasteiger partial charge in [-0.05, 0) is 31.4 Å². The van der Waals surface area contributed by atoms with Crippen molar-refractivity contribution in [3.05, 3.63) is 35.9 Å². The summed E-state index contributed by atoms with van der Waals surface area (Å²) in [4.78, 5) is 2.44. The first kappa shape index (κ1) is 12.2. The molecule has 0 aliphatic carbocycles. The van der Waals surface area contributed by atoms with Crippen LogP contribution in [0.3, 0.4) is 0 Å². The second-order valence-electron chi connectivity index (χ2n) is 5.54. The van der Waals surface area contributed by atoms with Gasteiger partial charge in [0, 0.05) is 11.6 Å². The highest BCUT2D eigenvalue weighted by Crippen LogP contribution is 2.44. The maximum Gasteiger partial charge on any atom is 0.0717 e. The zero-order chi connectivity index (χ0) is 12.4. The van der Waals surface area contributed by atoms with Crippen LogP contribution in [-0.2, 0) is 11.3 Å². The van der Waals surface area contributed by atoms with Crippen molar-refractivity contribution in [2.24, 2.45) is 0 Å². The molecule has 0 amide bonds. The number of aliphatic hydroxyl groups excluding tert-OH is 1. The van der Waals surface area contributed by atoms with E-state index in [4.69, 9.17) is 4.74 Å². The van der Waals surface area contributed by atoms with Gasteiger partial charge in [0.25, 0.3) is 0 Å². The molecule has 0 spiro atoms. The summed E-state index contributed by atoms with van der Waals surface area (Å²) in [6, 6.07) is 10.8. The molecule has 2 heterocycles. The largest absolute Gasteiger partial charge is 0.394 e. The standard InChI is InChI=1S/C15H21NO2/c17-12-15-7-4-8-16(15)14(9-15)11-18-10-13-5-2-1-3-6-13/h1-3,5-6,14,17H,4,7-12H2/t14-,15+/m1/s1. The van der Waals surface area contributed by atoms with Gasteiger partial charge < -0.3 is 9.84 Å². The van der Waals surface area contributed by atoms with Crippen molar-refractivity contribution < 1.29 is 9.84 Å². The van der Waals surface area contributed by atoms with Crippen LogP contribution in [0.25, 0.3) is 0 Å². The van der Waals surface area contributed by atoms with E-state index < -0.39 is 0 Å². The van der Waals surface area contributed by atoms with Crippen molar-refractivity contribution >= 4 is 0 Å². The first-order valence-electron chi connectivity index (χ1n) is 6.83. The van der Waals surface area contributed by atoms with E-state index in [0.29, 0.717) is 19.3 Å². The number of hydrogen-bond acceptors (Lipinski definition) is 3. The fourth-order valence-electron chi connectivity index (χ4n) is 3.46. The minimum Gasteiger partial charge on any atom is -0.394 e. The summed E-state index contributed by atoms with van der Waals surface area (Å²) >= 11 is 0. The number of rotatable bonds is 5. The zero-order valence-corrected chi connectivity index (χ0v) is 10.7. The van der Waals surface area contributed by atoms with Gasteiger partial charge in [0.05, 0.1) is 19.8 Å². The first-order valence-corrected chi connectivity index (χ1v) is 6.83. The third kappa shape index (κ3) is 2.07. The van der Waals surface area contributed by atoms with Gasteiger partial charge in [-0.2, -0.15) is 0 Å². The Morgan fingerprint density at radius 2 is 2.17 bits per heavy atom. The van der Waals surface area contributed by atoms with Gasteiger partial charge in [-0.15, -0.1) is 0 Å². The van der Waals surface area contributed by atoms with Crippen LogP contribution in [0.1, 0.15) is 24.8 Å². The van der Waals surface area contributed by atoms with Crippen LogP contribution in [0.5, 0.6) is 0 Å². The predicted octanol–water partition coefficient (Wildman–Crippen LogP) is 1.80. The summed E-state index contributed by atoms with van der Waals surface area (Å²) in [5.41, 5.74) is 1.34. The van der Waals surface area contributed by atoms with Crippen molar-refractivity contribution in [3.8, 4) is 0 Å². The molecule has 3 heteroatoms. The Morgan fingerprint density at radius 3 is 2.94 bits per heavy atom. The van der Waals surface area contributed by atoms with Gasteiger partial charge in [-0.25, -0.2) is 0 Å². The molecular weight excluding hydrogens is 226 g/mol. The topological polar surface area (TPSA) is 32.7 Å². The molecule has 0 bridgehead atoms. The number of benzene rings is 1. The molecule has 0 unspecified atom stereocenters. The van der Waals surface area contributed by atoms with Crippen LogP contribution in [-0.4, -0.2) is 41.3 Å². The molecule has 2 fully saturated rings. The zero-order valence-electron chi connectivity index (χ0n) is 10.7. The minimum absolute atomic E-state index is 0.112. The third-order valence-corrected chi connectivity index (χ3v) is 4.42. The SMILES string of the molecule is OC[C@@]12CCCN1[C@@H](COCc1ccccc1)C2. The monoisotopic (exact) mass is 247 g/mol. The van der Waals surface area contributed by atoms with E-state index in [1.54, 1.807) is 0 Å². The van der Waals surface area contributed by atoms with Crippen molar-refractivity contribution in [3.63, 3.8) is 0 Å². The molecule has 2 aliphatic rings. The van der Waals surface area contributed by atoms with Gasteiger partial charge in [0.15, 0.2) is 0 Å². The highest BCUT2D eigenvalue weighted by molar-refractivity contribution is 5.13. The summed E-state index contributed by atoms with van der Waals surface area (Å²) in [6.07, 6.45) is 3.47. The summed E-state index contributed by atoms with van der Waals surface area (Å²) in [5, 5.41) is 9.49. The quantitative estimate of drug-likeness (QED) is 0.861. The normalized spacial score (nSPS) is 31.1. The molecule has 0 radical (unpaired) electrons. The average Bonchev–Trinajstić information content (AvgIpc) is 2.73. The van der Waals surface area contributed by atoms with Gasteiger partial charge >= 0.3 is 0 Å². The Hall–Kier alpha value is -0.900. The molecule has 3 nitrogen and oxygen atoms in total.